The molecule has 1 atom stereocenters. The summed E-state index contributed by atoms with van der Waals surface area (Å²) in [6.07, 6.45) is 1.87. The molecule has 1 saturated heterocycles. The van der Waals surface area contributed by atoms with E-state index < -0.39 is 6.10 Å². The zero-order valence-electron chi connectivity index (χ0n) is 10.9. The molecular weight excluding hydrogens is 248 g/mol. The number of aliphatic hydroxyl groups is 1. The molecule has 18 heavy (non-hydrogen) atoms. The highest BCUT2D eigenvalue weighted by molar-refractivity contribution is 7.99. The summed E-state index contributed by atoms with van der Waals surface area (Å²) in [5.41, 5.74) is 0.778. The van der Waals surface area contributed by atoms with Gasteiger partial charge in [-0.2, -0.15) is 11.8 Å². The van der Waals surface area contributed by atoms with E-state index in [0.717, 1.165) is 35.7 Å². The van der Waals surface area contributed by atoms with Gasteiger partial charge in [0, 0.05) is 5.56 Å². The topological polar surface area (TPSA) is 38.7 Å². The van der Waals surface area contributed by atoms with Gasteiger partial charge < -0.3 is 14.6 Å². The Bertz CT molecular complexity index is 387. The third-order valence-electron chi connectivity index (χ3n) is 3.13. The monoisotopic (exact) mass is 268 g/mol. The van der Waals surface area contributed by atoms with Gasteiger partial charge >= 0.3 is 0 Å². The highest BCUT2D eigenvalue weighted by atomic mass is 32.2. The molecule has 1 unspecified atom stereocenters. The van der Waals surface area contributed by atoms with Crippen LogP contribution in [-0.4, -0.2) is 29.8 Å². The highest BCUT2D eigenvalue weighted by Crippen LogP contribution is 2.36. The van der Waals surface area contributed by atoms with Gasteiger partial charge in [-0.05, 0) is 37.3 Å². The third kappa shape index (κ3) is 3.12. The van der Waals surface area contributed by atoms with E-state index in [2.05, 4.69) is 0 Å². The smallest absolute Gasteiger partial charge is 0.166 e. The normalized spacial score (nSPS) is 18.4. The van der Waals surface area contributed by atoms with Gasteiger partial charge in [-0.3, -0.25) is 0 Å². The van der Waals surface area contributed by atoms with Crippen LogP contribution in [0, 0.1) is 0 Å². The van der Waals surface area contributed by atoms with Crippen LogP contribution in [0.5, 0.6) is 11.5 Å². The van der Waals surface area contributed by atoms with Gasteiger partial charge in [-0.15, -0.1) is 0 Å². The zero-order valence-corrected chi connectivity index (χ0v) is 11.7. The van der Waals surface area contributed by atoms with E-state index in [1.165, 1.54) is 0 Å². The minimum Gasteiger partial charge on any atom is -0.492 e. The molecule has 0 aromatic heterocycles. The molecule has 0 amide bonds. The summed E-state index contributed by atoms with van der Waals surface area (Å²) in [4.78, 5) is 0. The largest absolute Gasteiger partial charge is 0.492 e. The Morgan fingerprint density at radius 2 is 2.06 bits per heavy atom. The van der Waals surface area contributed by atoms with Crippen molar-refractivity contribution >= 4 is 11.8 Å². The fourth-order valence-electron chi connectivity index (χ4n) is 2.15. The Kier molecular flexibility index (Phi) is 4.78. The second-order valence-corrected chi connectivity index (χ2v) is 5.71. The predicted octanol–water partition coefficient (Wildman–Crippen LogP) is 3.02. The second kappa shape index (κ2) is 6.34. The van der Waals surface area contributed by atoms with Crippen LogP contribution >= 0.6 is 11.8 Å². The molecule has 0 saturated carbocycles. The molecule has 0 spiro atoms. The molecule has 1 aromatic rings. The Labute approximate surface area is 112 Å². The minimum absolute atomic E-state index is 0.268. The van der Waals surface area contributed by atoms with E-state index in [-0.39, 0.29) is 6.10 Å². The number of hydrogen-bond donors (Lipinski definition) is 1. The molecule has 0 bridgehead atoms. The number of benzene rings is 1. The minimum atomic E-state index is -0.551. The molecule has 0 aliphatic carbocycles. The van der Waals surface area contributed by atoms with Crippen molar-refractivity contribution in [1.29, 1.82) is 0 Å². The lowest BCUT2D eigenvalue weighted by Gasteiger charge is -2.24. The van der Waals surface area contributed by atoms with Gasteiger partial charge in [0.25, 0.3) is 0 Å². The fraction of sp³-hybridized carbons (Fsp3) is 0.571. The Hall–Kier alpha value is -0.870. The Morgan fingerprint density at radius 3 is 2.67 bits per heavy atom. The number of hydrogen-bond acceptors (Lipinski definition) is 4. The van der Waals surface area contributed by atoms with Crippen molar-refractivity contribution in [3.05, 3.63) is 23.8 Å². The van der Waals surface area contributed by atoms with E-state index in [4.69, 9.17) is 9.47 Å². The summed E-state index contributed by atoms with van der Waals surface area (Å²) in [6.45, 7) is 1.74. The van der Waals surface area contributed by atoms with E-state index in [1.807, 2.05) is 30.0 Å². The van der Waals surface area contributed by atoms with Crippen LogP contribution in [0.4, 0.5) is 0 Å². The molecule has 1 N–H and O–H groups in total. The van der Waals surface area contributed by atoms with E-state index in [9.17, 15) is 5.11 Å². The first-order valence-corrected chi connectivity index (χ1v) is 7.47. The maximum Gasteiger partial charge on any atom is 0.166 e. The fourth-order valence-corrected chi connectivity index (χ4v) is 3.21. The number of methoxy groups -OCH3 is 1. The van der Waals surface area contributed by atoms with Crippen LogP contribution in [0.2, 0.25) is 0 Å². The number of ether oxygens (including phenoxy) is 2. The second-order valence-electron chi connectivity index (χ2n) is 4.48. The molecule has 1 fully saturated rings. The van der Waals surface area contributed by atoms with Crippen molar-refractivity contribution in [2.75, 3.05) is 18.6 Å². The first kappa shape index (κ1) is 13.6. The van der Waals surface area contributed by atoms with Crippen molar-refractivity contribution in [1.82, 2.24) is 0 Å². The number of rotatable bonds is 4. The van der Waals surface area contributed by atoms with Crippen LogP contribution < -0.4 is 9.47 Å². The Balaban J connectivity index is 2.18. The standard InChI is InChI=1S/C14H20O3S/c1-10(15)12-4-3-5-13(14(12)16-2)17-11-6-8-18-9-7-11/h3-5,10-11,15H,6-9H2,1-2H3. The first-order valence-electron chi connectivity index (χ1n) is 6.31. The molecule has 1 aromatic carbocycles. The summed E-state index contributed by atoms with van der Waals surface area (Å²) in [6, 6.07) is 5.68. The molecule has 3 nitrogen and oxygen atoms in total. The quantitative estimate of drug-likeness (QED) is 0.911. The summed E-state index contributed by atoms with van der Waals surface area (Å²) >= 11 is 1.98. The van der Waals surface area contributed by atoms with Crippen LogP contribution in [0.25, 0.3) is 0 Å². The lowest BCUT2D eigenvalue weighted by molar-refractivity contribution is 0.174. The summed E-state index contributed by atoms with van der Waals surface area (Å²) in [5, 5.41) is 9.73. The summed E-state index contributed by atoms with van der Waals surface area (Å²) in [5.74, 6) is 3.71. The molecule has 4 heteroatoms. The van der Waals surface area contributed by atoms with Crippen molar-refractivity contribution in [3.63, 3.8) is 0 Å². The van der Waals surface area contributed by atoms with Crippen molar-refractivity contribution < 1.29 is 14.6 Å². The number of aliphatic hydroxyl groups excluding tert-OH is 1. The van der Waals surface area contributed by atoms with Gasteiger partial charge in [0.1, 0.15) is 6.10 Å². The zero-order chi connectivity index (χ0) is 13.0. The van der Waals surface area contributed by atoms with Gasteiger partial charge in [0.15, 0.2) is 11.5 Å². The van der Waals surface area contributed by atoms with Crippen molar-refractivity contribution in [2.24, 2.45) is 0 Å². The van der Waals surface area contributed by atoms with E-state index in [1.54, 1.807) is 14.0 Å². The van der Waals surface area contributed by atoms with Gasteiger partial charge in [0.05, 0.1) is 13.2 Å². The maximum absolute atomic E-state index is 9.73. The average molecular weight is 268 g/mol. The molecule has 1 aliphatic rings. The highest BCUT2D eigenvalue weighted by Gasteiger charge is 2.19. The number of para-hydroxylation sites is 1. The van der Waals surface area contributed by atoms with Crippen LogP contribution in [0.3, 0.4) is 0 Å². The van der Waals surface area contributed by atoms with Crippen LogP contribution in [0.1, 0.15) is 31.4 Å². The van der Waals surface area contributed by atoms with E-state index >= 15 is 0 Å². The molecule has 0 radical (unpaired) electrons. The molecular formula is C14H20O3S. The van der Waals surface area contributed by atoms with E-state index in [0.29, 0.717) is 5.75 Å². The van der Waals surface area contributed by atoms with Crippen molar-refractivity contribution in [3.8, 4) is 11.5 Å². The predicted molar refractivity (Wildman–Crippen MR) is 74.6 cm³/mol. The summed E-state index contributed by atoms with van der Waals surface area (Å²) < 4.78 is 11.4. The number of thioether (sulfide) groups is 1. The molecule has 2 rings (SSSR count). The Morgan fingerprint density at radius 1 is 1.33 bits per heavy atom. The van der Waals surface area contributed by atoms with Crippen LogP contribution in [0.15, 0.2) is 18.2 Å². The van der Waals surface area contributed by atoms with Gasteiger partial charge in [-0.1, -0.05) is 12.1 Å². The summed E-state index contributed by atoms with van der Waals surface area (Å²) in [7, 11) is 1.62. The van der Waals surface area contributed by atoms with Gasteiger partial charge in [0.2, 0.25) is 0 Å². The molecule has 1 heterocycles. The maximum atomic E-state index is 9.73. The average Bonchev–Trinajstić information content (AvgIpc) is 2.39. The molecule has 1 aliphatic heterocycles. The van der Waals surface area contributed by atoms with Crippen LogP contribution in [-0.2, 0) is 0 Å². The third-order valence-corrected chi connectivity index (χ3v) is 4.17. The SMILES string of the molecule is COc1c(OC2CCSCC2)cccc1C(C)O. The lowest BCUT2D eigenvalue weighted by Crippen LogP contribution is -2.22. The van der Waals surface area contributed by atoms with Gasteiger partial charge in [-0.25, -0.2) is 0 Å². The lowest BCUT2D eigenvalue weighted by atomic mass is 10.1. The first-order chi connectivity index (χ1) is 8.72. The molecule has 100 valence electrons. The van der Waals surface area contributed by atoms with Crippen molar-refractivity contribution in [2.45, 2.75) is 32.0 Å².